The number of carbonyl (C=O) groups excluding carboxylic acids is 1. The second-order valence-electron chi connectivity index (χ2n) is 7.47. The van der Waals surface area contributed by atoms with Crippen LogP contribution in [0.4, 0.5) is 27.1 Å². The van der Waals surface area contributed by atoms with Gasteiger partial charge in [0.1, 0.15) is 0 Å². The van der Waals surface area contributed by atoms with Gasteiger partial charge in [0.15, 0.2) is 0 Å². The van der Waals surface area contributed by atoms with E-state index in [1.807, 2.05) is 0 Å². The van der Waals surface area contributed by atoms with E-state index in [1.165, 1.54) is 4.80 Å². The van der Waals surface area contributed by atoms with Crippen molar-refractivity contribution < 1.29 is 26.7 Å². The fourth-order valence-electron chi connectivity index (χ4n) is 3.72. The zero-order valence-electron chi connectivity index (χ0n) is 16.5. The van der Waals surface area contributed by atoms with Crippen LogP contribution in [-0.4, -0.2) is 41.4 Å². The normalized spacial score (nSPS) is 19.1. The van der Waals surface area contributed by atoms with Crippen LogP contribution in [0.15, 0.2) is 24.3 Å². The molecule has 0 bridgehead atoms. The van der Waals surface area contributed by atoms with Gasteiger partial charge in [-0.25, -0.2) is 8.78 Å². The van der Waals surface area contributed by atoms with Crippen molar-refractivity contribution in [3.05, 3.63) is 35.7 Å². The molecular weight excluding hydrogens is 457 g/mol. The summed E-state index contributed by atoms with van der Waals surface area (Å²) in [6.07, 6.45) is -5.51. The van der Waals surface area contributed by atoms with Crippen LogP contribution in [0.5, 0.6) is 0 Å². The molecule has 170 valence electrons. The predicted octanol–water partition coefficient (Wildman–Crippen LogP) is 3.91. The molecule has 8 nitrogen and oxygen atoms in total. The van der Waals surface area contributed by atoms with Gasteiger partial charge in [-0.2, -0.15) is 27.3 Å². The zero-order chi connectivity index (χ0) is 23.1. The standard InChI is InChI=1S/C18H16F5N7OS/c1-30-27-13(26-29-30)10-4-2-9(3-5-10)12(11-6-7-17(19,20)8-11)14(31)24-16-25-15(28-32-16)18(21,22)23/h2-5,11-12H,6-8H2,1H3,(H,24,25,28,31)/t11-,12+/m0/s1. The van der Waals surface area contributed by atoms with E-state index in [1.54, 1.807) is 31.3 Å². The topological polar surface area (TPSA) is 98.5 Å². The first-order chi connectivity index (χ1) is 15.0. The molecule has 3 aromatic rings. The summed E-state index contributed by atoms with van der Waals surface area (Å²) in [5, 5.41) is 13.7. The maximum absolute atomic E-state index is 13.9. The summed E-state index contributed by atoms with van der Waals surface area (Å²) in [5.41, 5.74) is 1.05. The second kappa shape index (κ2) is 8.15. The van der Waals surface area contributed by atoms with Gasteiger partial charge in [0.2, 0.25) is 28.6 Å². The molecule has 0 spiro atoms. The molecule has 4 rings (SSSR count). The number of hydrogen-bond donors (Lipinski definition) is 1. The number of aromatic nitrogens is 6. The van der Waals surface area contributed by atoms with Gasteiger partial charge >= 0.3 is 6.18 Å². The smallest absolute Gasteiger partial charge is 0.300 e. The van der Waals surface area contributed by atoms with Crippen LogP contribution < -0.4 is 5.32 Å². The minimum absolute atomic E-state index is 0.0997. The average molecular weight is 473 g/mol. The third kappa shape index (κ3) is 4.74. The van der Waals surface area contributed by atoms with Gasteiger partial charge in [-0.05, 0) is 23.1 Å². The molecule has 1 aliphatic rings. The van der Waals surface area contributed by atoms with Gasteiger partial charge < -0.3 is 5.32 Å². The van der Waals surface area contributed by atoms with E-state index in [9.17, 15) is 26.7 Å². The Hall–Kier alpha value is -3.03. The molecule has 0 unspecified atom stereocenters. The van der Waals surface area contributed by atoms with E-state index in [4.69, 9.17) is 0 Å². The fourth-order valence-corrected chi connectivity index (χ4v) is 4.31. The Bertz CT molecular complexity index is 1110. The average Bonchev–Trinajstić information content (AvgIpc) is 3.43. The summed E-state index contributed by atoms with van der Waals surface area (Å²) in [7, 11) is 1.60. The minimum atomic E-state index is -4.75. The number of tetrazole rings is 1. The molecular formula is C18H16F5N7OS. The number of alkyl halides is 5. The zero-order valence-corrected chi connectivity index (χ0v) is 17.3. The number of carbonyl (C=O) groups is 1. The Morgan fingerprint density at radius 1 is 1.28 bits per heavy atom. The fraction of sp³-hybridized carbons (Fsp3) is 0.444. The summed E-state index contributed by atoms with van der Waals surface area (Å²) < 4.78 is 69.2. The van der Waals surface area contributed by atoms with E-state index in [0.717, 1.165) is 0 Å². The van der Waals surface area contributed by atoms with Crippen LogP contribution in [0.25, 0.3) is 11.4 Å². The van der Waals surface area contributed by atoms with Gasteiger partial charge in [-0.1, -0.05) is 24.3 Å². The van der Waals surface area contributed by atoms with Crippen molar-refractivity contribution in [2.75, 3.05) is 5.32 Å². The van der Waals surface area contributed by atoms with E-state index in [2.05, 4.69) is 30.1 Å². The van der Waals surface area contributed by atoms with Gasteiger partial charge in [-0.15, -0.1) is 10.2 Å². The number of benzene rings is 1. The van der Waals surface area contributed by atoms with Crippen molar-refractivity contribution in [1.29, 1.82) is 0 Å². The molecule has 1 amide bonds. The Kier molecular flexibility index (Phi) is 5.65. The van der Waals surface area contributed by atoms with Gasteiger partial charge in [0, 0.05) is 29.9 Å². The van der Waals surface area contributed by atoms with Crippen molar-refractivity contribution in [2.24, 2.45) is 13.0 Å². The highest BCUT2D eigenvalue weighted by Gasteiger charge is 2.45. The third-order valence-electron chi connectivity index (χ3n) is 5.14. The predicted molar refractivity (Wildman–Crippen MR) is 103 cm³/mol. The first-order valence-corrected chi connectivity index (χ1v) is 10.2. The molecule has 0 saturated heterocycles. The summed E-state index contributed by atoms with van der Waals surface area (Å²) >= 11 is 0.375. The molecule has 1 aromatic carbocycles. The highest BCUT2D eigenvalue weighted by atomic mass is 32.1. The lowest BCUT2D eigenvalue weighted by atomic mass is 9.83. The molecule has 32 heavy (non-hydrogen) atoms. The van der Waals surface area contributed by atoms with E-state index < -0.39 is 42.1 Å². The second-order valence-corrected chi connectivity index (χ2v) is 8.22. The lowest BCUT2D eigenvalue weighted by Crippen LogP contribution is -2.27. The highest BCUT2D eigenvalue weighted by Crippen LogP contribution is 2.46. The molecule has 1 saturated carbocycles. The van der Waals surface area contributed by atoms with Crippen molar-refractivity contribution in [2.45, 2.75) is 37.3 Å². The number of anilines is 1. The first kappa shape index (κ1) is 22.2. The lowest BCUT2D eigenvalue weighted by Gasteiger charge is -2.23. The van der Waals surface area contributed by atoms with Crippen molar-refractivity contribution in [3.63, 3.8) is 0 Å². The highest BCUT2D eigenvalue weighted by molar-refractivity contribution is 7.09. The van der Waals surface area contributed by atoms with Crippen LogP contribution in [-0.2, 0) is 18.0 Å². The molecule has 1 N–H and O–H groups in total. The number of hydrogen-bond acceptors (Lipinski definition) is 7. The van der Waals surface area contributed by atoms with Crippen LogP contribution in [0.2, 0.25) is 0 Å². The Labute approximate surface area is 182 Å². The van der Waals surface area contributed by atoms with E-state index in [-0.39, 0.29) is 18.0 Å². The number of halogens is 5. The number of nitrogens with zero attached hydrogens (tertiary/aromatic N) is 6. The maximum atomic E-state index is 13.9. The number of nitrogens with one attached hydrogen (secondary N) is 1. The molecule has 2 aromatic heterocycles. The summed E-state index contributed by atoms with van der Waals surface area (Å²) in [4.78, 5) is 17.6. The maximum Gasteiger partial charge on any atom is 0.452 e. The Morgan fingerprint density at radius 3 is 2.53 bits per heavy atom. The van der Waals surface area contributed by atoms with E-state index in [0.29, 0.717) is 28.5 Å². The Morgan fingerprint density at radius 2 is 2.00 bits per heavy atom. The van der Waals surface area contributed by atoms with Gasteiger partial charge in [0.25, 0.3) is 0 Å². The minimum Gasteiger partial charge on any atom is -0.300 e. The molecule has 2 heterocycles. The SMILES string of the molecule is Cn1nnc(-c2ccc([C@@H](C(=O)Nc3nc(C(F)(F)F)ns3)[C@H]3CCC(F)(F)C3)cc2)n1. The first-order valence-electron chi connectivity index (χ1n) is 9.46. The molecule has 0 aliphatic heterocycles. The lowest BCUT2D eigenvalue weighted by molar-refractivity contribution is -0.144. The Balaban J connectivity index is 1.60. The van der Waals surface area contributed by atoms with Gasteiger partial charge in [-0.3, -0.25) is 4.79 Å². The summed E-state index contributed by atoms with van der Waals surface area (Å²) in [6, 6.07) is 6.44. The molecule has 1 fully saturated rings. The quantitative estimate of drug-likeness (QED) is 0.565. The van der Waals surface area contributed by atoms with Gasteiger partial charge in [0.05, 0.1) is 13.0 Å². The third-order valence-corrected chi connectivity index (χ3v) is 5.77. The number of aryl methyl sites for hydroxylation is 1. The molecule has 14 heteroatoms. The van der Waals surface area contributed by atoms with Crippen molar-refractivity contribution in [1.82, 2.24) is 29.6 Å². The van der Waals surface area contributed by atoms with E-state index >= 15 is 0 Å². The van der Waals surface area contributed by atoms with Crippen LogP contribution in [0.1, 0.15) is 36.6 Å². The molecule has 1 aliphatic carbocycles. The largest absolute Gasteiger partial charge is 0.452 e. The number of rotatable bonds is 5. The van der Waals surface area contributed by atoms with Crippen LogP contribution in [0.3, 0.4) is 0 Å². The van der Waals surface area contributed by atoms with Crippen molar-refractivity contribution in [3.8, 4) is 11.4 Å². The monoisotopic (exact) mass is 473 g/mol. The summed E-state index contributed by atoms with van der Waals surface area (Å²) in [5.74, 6) is -6.35. The molecule has 2 atom stereocenters. The molecule has 0 radical (unpaired) electrons. The van der Waals surface area contributed by atoms with Crippen LogP contribution >= 0.6 is 11.5 Å². The van der Waals surface area contributed by atoms with Crippen LogP contribution in [0, 0.1) is 5.92 Å². The van der Waals surface area contributed by atoms with Crippen molar-refractivity contribution >= 4 is 22.6 Å². The number of amides is 1. The summed E-state index contributed by atoms with van der Waals surface area (Å²) in [6.45, 7) is 0.